The van der Waals surface area contributed by atoms with Gasteiger partial charge in [-0.2, -0.15) is 0 Å². The van der Waals surface area contributed by atoms with E-state index in [1.165, 1.54) is 5.56 Å². The highest BCUT2D eigenvalue weighted by molar-refractivity contribution is 5.95. The van der Waals surface area contributed by atoms with Crippen molar-refractivity contribution >= 4 is 11.6 Å². The predicted molar refractivity (Wildman–Crippen MR) is 107 cm³/mol. The summed E-state index contributed by atoms with van der Waals surface area (Å²) in [4.78, 5) is 14.6. The van der Waals surface area contributed by atoms with Crippen LogP contribution in [0.25, 0.3) is 0 Å². The summed E-state index contributed by atoms with van der Waals surface area (Å²) in [6.07, 6.45) is 1.91. The molecule has 0 saturated carbocycles. The third-order valence-corrected chi connectivity index (χ3v) is 5.47. The summed E-state index contributed by atoms with van der Waals surface area (Å²) in [5.74, 6) is -0.0929. The molecule has 0 spiro atoms. The number of carbonyl (C=O) groups excluding carboxylic acids is 1. The number of amides is 1. The van der Waals surface area contributed by atoms with Crippen molar-refractivity contribution in [2.75, 3.05) is 18.4 Å². The molecule has 1 atom stereocenters. The van der Waals surface area contributed by atoms with E-state index in [0.29, 0.717) is 38.0 Å². The first-order chi connectivity index (χ1) is 12.9. The number of rotatable bonds is 5. The fourth-order valence-electron chi connectivity index (χ4n) is 3.57. The summed E-state index contributed by atoms with van der Waals surface area (Å²) in [6, 6.07) is 14.7. The van der Waals surface area contributed by atoms with E-state index < -0.39 is 5.60 Å². The Morgan fingerprint density at radius 1 is 1.15 bits per heavy atom. The number of aryl methyl sites for hydroxylation is 1. The number of nitrogens with one attached hydrogen (secondary N) is 1. The molecule has 1 amide bonds. The van der Waals surface area contributed by atoms with Gasteiger partial charge in [0, 0.05) is 19.5 Å². The molecule has 2 aromatic rings. The molecule has 1 aliphatic rings. The van der Waals surface area contributed by atoms with Crippen LogP contribution in [0.2, 0.25) is 0 Å². The fourth-order valence-corrected chi connectivity index (χ4v) is 3.57. The molecule has 1 saturated heterocycles. The minimum atomic E-state index is -0.723. The van der Waals surface area contributed by atoms with Crippen molar-refractivity contribution in [3.05, 3.63) is 59.7 Å². The number of para-hydroxylation sites is 2. The molecule has 1 aliphatic heterocycles. The van der Waals surface area contributed by atoms with Crippen molar-refractivity contribution in [1.82, 2.24) is 4.90 Å². The lowest BCUT2D eigenvalue weighted by Crippen LogP contribution is -2.51. The summed E-state index contributed by atoms with van der Waals surface area (Å²) < 4.78 is 0. The number of likely N-dealkylation sites (tertiary alicyclic amines) is 1. The molecular weight excluding hydrogens is 340 g/mol. The second-order valence-electron chi connectivity index (χ2n) is 7.61. The Bertz CT molecular complexity index is 780. The van der Waals surface area contributed by atoms with Crippen molar-refractivity contribution in [3.63, 3.8) is 0 Å². The maximum Gasteiger partial charge on any atom is 0.241 e. The number of hydrogen-bond donors (Lipinski definition) is 3. The predicted octanol–water partition coefficient (Wildman–Crippen LogP) is 3.10. The highest BCUT2D eigenvalue weighted by Gasteiger charge is 2.35. The van der Waals surface area contributed by atoms with E-state index >= 15 is 0 Å². The molecule has 5 heteroatoms. The van der Waals surface area contributed by atoms with Crippen LogP contribution in [0.4, 0.5) is 5.69 Å². The average molecular weight is 368 g/mol. The number of aliphatic hydroxyl groups is 1. The molecule has 3 N–H and O–H groups in total. The molecule has 1 fully saturated rings. The summed E-state index contributed by atoms with van der Waals surface area (Å²) in [6.45, 7) is 5.24. The zero-order chi connectivity index (χ0) is 19.4. The molecule has 0 aromatic heterocycles. The number of aromatic hydroxyl groups is 1. The first kappa shape index (κ1) is 19.4. The van der Waals surface area contributed by atoms with Crippen molar-refractivity contribution in [2.24, 2.45) is 0 Å². The van der Waals surface area contributed by atoms with E-state index in [9.17, 15) is 15.0 Å². The zero-order valence-electron chi connectivity index (χ0n) is 16.0. The second kappa shape index (κ2) is 8.11. The van der Waals surface area contributed by atoms with Crippen molar-refractivity contribution < 1.29 is 15.0 Å². The monoisotopic (exact) mass is 368 g/mol. The van der Waals surface area contributed by atoms with Crippen LogP contribution in [0.5, 0.6) is 5.75 Å². The van der Waals surface area contributed by atoms with Crippen LogP contribution in [0.1, 0.15) is 30.9 Å². The van der Waals surface area contributed by atoms with E-state index in [1.807, 2.05) is 6.92 Å². The van der Waals surface area contributed by atoms with Gasteiger partial charge in [0.1, 0.15) is 5.75 Å². The zero-order valence-corrected chi connectivity index (χ0v) is 16.0. The summed E-state index contributed by atoms with van der Waals surface area (Å²) in [5, 5.41) is 23.5. The lowest BCUT2D eigenvalue weighted by atomic mass is 9.85. The Balaban J connectivity index is 1.55. The van der Waals surface area contributed by atoms with Crippen LogP contribution in [-0.2, 0) is 11.2 Å². The molecule has 0 radical (unpaired) electrons. The number of benzene rings is 2. The SMILES string of the molecule is Cc1ccc(CC2(O)CCN(C(C)C(=O)Nc3ccccc3O)CC2)cc1. The van der Waals surface area contributed by atoms with Gasteiger partial charge in [0.25, 0.3) is 0 Å². The number of phenolic OH excluding ortho intramolecular Hbond substituents is 1. The molecule has 5 nitrogen and oxygen atoms in total. The van der Waals surface area contributed by atoms with Gasteiger partial charge in [0.05, 0.1) is 17.3 Å². The first-order valence-corrected chi connectivity index (χ1v) is 9.47. The third-order valence-electron chi connectivity index (χ3n) is 5.47. The van der Waals surface area contributed by atoms with Crippen LogP contribution in [0, 0.1) is 6.92 Å². The Labute approximate surface area is 160 Å². The molecule has 2 aromatic carbocycles. The summed E-state index contributed by atoms with van der Waals surface area (Å²) in [7, 11) is 0. The minimum Gasteiger partial charge on any atom is -0.506 e. The molecule has 0 aliphatic carbocycles. The van der Waals surface area contributed by atoms with Gasteiger partial charge in [-0.3, -0.25) is 9.69 Å². The smallest absolute Gasteiger partial charge is 0.241 e. The van der Waals surface area contributed by atoms with E-state index in [1.54, 1.807) is 24.3 Å². The third kappa shape index (κ3) is 4.87. The second-order valence-corrected chi connectivity index (χ2v) is 7.61. The van der Waals surface area contributed by atoms with Gasteiger partial charge in [0.15, 0.2) is 0 Å². The normalized spacial score (nSPS) is 18.0. The summed E-state index contributed by atoms with van der Waals surface area (Å²) >= 11 is 0. The number of anilines is 1. The van der Waals surface area contributed by atoms with Gasteiger partial charge in [0.2, 0.25) is 5.91 Å². The highest BCUT2D eigenvalue weighted by Crippen LogP contribution is 2.28. The number of piperidine rings is 1. The Kier molecular flexibility index (Phi) is 5.82. The van der Waals surface area contributed by atoms with Crippen LogP contribution in [0.3, 0.4) is 0 Å². The highest BCUT2D eigenvalue weighted by atomic mass is 16.3. The van der Waals surface area contributed by atoms with Gasteiger partial charge in [-0.05, 0) is 44.4 Å². The average Bonchev–Trinajstić information content (AvgIpc) is 2.65. The molecule has 0 bridgehead atoms. The largest absolute Gasteiger partial charge is 0.506 e. The van der Waals surface area contributed by atoms with Gasteiger partial charge in [-0.25, -0.2) is 0 Å². The topological polar surface area (TPSA) is 72.8 Å². The maximum atomic E-state index is 12.5. The van der Waals surface area contributed by atoms with Crippen molar-refractivity contribution in [3.8, 4) is 5.75 Å². The fraction of sp³-hybridized carbons (Fsp3) is 0.409. The van der Waals surface area contributed by atoms with Crippen LogP contribution in [0.15, 0.2) is 48.5 Å². The van der Waals surface area contributed by atoms with E-state index in [2.05, 4.69) is 41.4 Å². The first-order valence-electron chi connectivity index (χ1n) is 9.47. The van der Waals surface area contributed by atoms with Crippen molar-refractivity contribution in [2.45, 2.75) is 44.8 Å². The Morgan fingerprint density at radius 2 is 1.78 bits per heavy atom. The number of phenols is 1. The van der Waals surface area contributed by atoms with Crippen LogP contribution in [-0.4, -0.2) is 45.8 Å². The van der Waals surface area contributed by atoms with Gasteiger partial charge < -0.3 is 15.5 Å². The van der Waals surface area contributed by atoms with Crippen molar-refractivity contribution in [1.29, 1.82) is 0 Å². The van der Waals surface area contributed by atoms with E-state index in [4.69, 9.17) is 0 Å². The molecule has 1 heterocycles. The number of hydrogen-bond acceptors (Lipinski definition) is 4. The van der Waals surface area contributed by atoms with E-state index in [-0.39, 0.29) is 17.7 Å². The molecule has 27 heavy (non-hydrogen) atoms. The molecule has 3 rings (SSSR count). The Morgan fingerprint density at radius 3 is 2.41 bits per heavy atom. The Hall–Kier alpha value is -2.37. The maximum absolute atomic E-state index is 12.5. The lowest BCUT2D eigenvalue weighted by molar-refractivity contribution is -0.122. The molecule has 1 unspecified atom stereocenters. The van der Waals surface area contributed by atoms with Gasteiger partial charge in [-0.15, -0.1) is 0 Å². The quantitative estimate of drug-likeness (QED) is 0.709. The van der Waals surface area contributed by atoms with Gasteiger partial charge in [-0.1, -0.05) is 42.0 Å². The molecular formula is C22H28N2O3. The van der Waals surface area contributed by atoms with Crippen LogP contribution >= 0.6 is 0 Å². The van der Waals surface area contributed by atoms with Crippen LogP contribution < -0.4 is 5.32 Å². The number of carbonyl (C=O) groups is 1. The standard InChI is InChI=1S/C22H28N2O3/c1-16-7-9-18(10-8-16)15-22(27)11-13-24(14-12-22)17(2)21(26)23-19-5-3-4-6-20(19)25/h3-10,17,25,27H,11-15H2,1-2H3,(H,23,26). The molecule has 144 valence electrons. The minimum absolute atomic E-state index is 0.0594. The number of nitrogens with zero attached hydrogens (tertiary/aromatic N) is 1. The summed E-state index contributed by atoms with van der Waals surface area (Å²) in [5.41, 5.74) is 2.05. The van der Waals surface area contributed by atoms with Gasteiger partial charge >= 0.3 is 0 Å². The lowest BCUT2D eigenvalue weighted by Gasteiger charge is -2.40. The van der Waals surface area contributed by atoms with E-state index in [0.717, 1.165) is 5.56 Å².